The molecule has 1 aliphatic heterocycles. The molecular weight excluding hydrogens is 436 g/mol. The van der Waals surface area contributed by atoms with Gasteiger partial charge in [0.25, 0.3) is 5.17 Å². The minimum absolute atomic E-state index is 0.0943. The zero-order valence-corrected chi connectivity index (χ0v) is 23.0. The van der Waals surface area contributed by atoms with Crippen molar-refractivity contribution in [2.75, 3.05) is 13.1 Å². The Hall–Kier alpha value is -1.91. The van der Waals surface area contributed by atoms with E-state index in [0.717, 1.165) is 32.4 Å². The number of hydrogen-bond acceptors (Lipinski definition) is 3. The molecule has 0 aliphatic carbocycles. The highest BCUT2D eigenvalue weighted by Gasteiger charge is 2.34. The Morgan fingerprint density at radius 2 is 1.44 bits per heavy atom. The molecule has 34 heavy (non-hydrogen) atoms. The third-order valence-electron chi connectivity index (χ3n) is 6.87. The van der Waals surface area contributed by atoms with Crippen LogP contribution in [0.1, 0.15) is 95.9 Å². The summed E-state index contributed by atoms with van der Waals surface area (Å²) in [5.41, 5.74) is 5.71. The molecule has 0 bridgehead atoms. The Kier molecular flexibility index (Phi) is 8.81. The fraction of sp³-hybridized carbons (Fsp3) is 0.567. The molecule has 2 N–H and O–H groups in total. The van der Waals surface area contributed by atoms with Gasteiger partial charge in [0.15, 0.2) is 0 Å². The topological polar surface area (TPSA) is 33.3 Å². The van der Waals surface area contributed by atoms with E-state index in [1.165, 1.54) is 22.3 Å². The second-order valence-electron chi connectivity index (χ2n) is 11.8. The van der Waals surface area contributed by atoms with E-state index in [2.05, 4.69) is 108 Å². The van der Waals surface area contributed by atoms with Crippen molar-refractivity contribution in [2.24, 2.45) is 0 Å². The Balaban J connectivity index is 1.82. The molecule has 4 heteroatoms. The number of hydrogen-bond donors (Lipinski definition) is 2. The zero-order chi connectivity index (χ0) is 24.9. The molecule has 1 fully saturated rings. The van der Waals surface area contributed by atoms with Gasteiger partial charge < -0.3 is 15.4 Å². The van der Waals surface area contributed by atoms with E-state index < -0.39 is 0 Å². The molecule has 1 aliphatic rings. The van der Waals surface area contributed by atoms with Gasteiger partial charge in [0.1, 0.15) is 6.10 Å². The smallest absolute Gasteiger partial charge is 0.256 e. The first-order valence-electron chi connectivity index (χ1n) is 12.9. The largest absolute Gasteiger partial charge is 0.466 e. The van der Waals surface area contributed by atoms with Crippen LogP contribution in [0.25, 0.3) is 0 Å². The van der Waals surface area contributed by atoms with E-state index in [4.69, 9.17) is 17.0 Å². The molecule has 0 aromatic heterocycles. The van der Waals surface area contributed by atoms with Crippen molar-refractivity contribution in [3.05, 3.63) is 70.8 Å². The van der Waals surface area contributed by atoms with E-state index in [1.807, 2.05) is 0 Å². The van der Waals surface area contributed by atoms with Crippen molar-refractivity contribution in [3.63, 3.8) is 0 Å². The third kappa shape index (κ3) is 7.05. The second kappa shape index (κ2) is 11.2. The summed E-state index contributed by atoms with van der Waals surface area (Å²) in [6.07, 6.45) is 3.28. The Morgan fingerprint density at radius 3 is 1.88 bits per heavy atom. The number of benzene rings is 2. The molecule has 2 aromatic carbocycles. The first-order chi connectivity index (χ1) is 16.0. The van der Waals surface area contributed by atoms with Crippen LogP contribution in [-0.2, 0) is 15.6 Å². The summed E-state index contributed by atoms with van der Waals surface area (Å²) in [5, 5.41) is 7.52. The maximum absolute atomic E-state index is 6.10. The lowest BCUT2D eigenvalue weighted by Crippen LogP contribution is -2.30. The summed E-state index contributed by atoms with van der Waals surface area (Å²) < 4.78 is 6.10. The summed E-state index contributed by atoms with van der Waals surface area (Å²) in [6.45, 7) is 17.5. The van der Waals surface area contributed by atoms with Gasteiger partial charge in [-0.15, -0.1) is 0 Å². The van der Waals surface area contributed by atoms with E-state index >= 15 is 0 Å². The predicted molar refractivity (Wildman–Crippen MR) is 149 cm³/mol. The van der Waals surface area contributed by atoms with Crippen LogP contribution in [0.2, 0.25) is 0 Å². The molecule has 2 atom stereocenters. The summed E-state index contributed by atoms with van der Waals surface area (Å²) in [5.74, 6) is 0.262. The van der Waals surface area contributed by atoms with E-state index in [-0.39, 0.29) is 22.9 Å². The first kappa shape index (κ1) is 26.7. The van der Waals surface area contributed by atoms with Crippen LogP contribution in [0.4, 0.5) is 0 Å². The Bertz CT molecular complexity index is 865. The molecule has 1 saturated heterocycles. The summed E-state index contributed by atoms with van der Waals surface area (Å²) in [7, 11) is 0. The van der Waals surface area contributed by atoms with Crippen molar-refractivity contribution in [1.29, 1.82) is 0 Å². The van der Waals surface area contributed by atoms with Gasteiger partial charge in [-0.2, -0.15) is 0 Å². The number of rotatable bonds is 7. The van der Waals surface area contributed by atoms with Gasteiger partial charge in [-0.3, -0.25) is 0 Å². The minimum Gasteiger partial charge on any atom is -0.466 e. The molecule has 1 heterocycles. The number of nitrogens with one attached hydrogen (secondary N) is 2. The van der Waals surface area contributed by atoms with Crippen LogP contribution in [-0.4, -0.2) is 30.4 Å². The molecule has 2 aromatic rings. The van der Waals surface area contributed by atoms with Gasteiger partial charge in [0.05, 0.1) is 0 Å². The van der Waals surface area contributed by atoms with Gasteiger partial charge in [-0.1, -0.05) is 103 Å². The quantitative estimate of drug-likeness (QED) is 0.336. The maximum atomic E-state index is 6.10. The molecule has 3 nitrogen and oxygen atoms in total. The van der Waals surface area contributed by atoms with Gasteiger partial charge in [0, 0.05) is 31.5 Å². The molecular formula is C30H44N2OS. The molecule has 0 radical (unpaired) electrons. The number of unbranched alkanes of at least 4 members (excludes halogenated alkanes) is 1. The zero-order valence-electron chi connectivity index (χ0n) is 22.2. The summed E-state index contributed by atoms with van der Waals surface area (Å²) in [4.78, 5) is 0. The Labute approximate surface area is 213 Å². The van der Waals surface area contributed by atoms with E-state index in [9.17, 15) is 0 Å². The van der Waals surface area contributed by atoms with Crippen LogP contribution in [0.3, 0.4) is 0 Å². The van der Waals surface area contributed by atoms with Crippen molar-refractivity contribution in [3.8, 4) is 0 Å². The third-order valence-corrected chi connectivity index (χ3v) is 7.11. The second-order valence-corrected chi connectivity index (χ2v) is 12.2. The van der Waals surface area contributed by atoms with Crippen molar-refractivity contribution in [2.45, 2.75) is 96.6 Å². The molecule has 0 unspecified atom stereocenters. The van der Waals surface area contributed by atoms with Crippen molar-refractivity contribution in [1.82, 2.24) is 10.6 Å². The van der Waals surface area contributed by atoms with Gasteiger partial charge in [-0.05, 0) is 51.7 Å². The van der Waals surface area contributed by atoms with Crippen molar-refractivity contribution < 1.29 is 4.74 Å². The first-order valence-corrected chi connectivity index (χ1v) is 13.3. The normalized spacial score (nSPS) is 18.8. The van der Waals surface area contributed by atoms with Gasteiger partial charge in [0.2, 0.25) is 0 Å². The van der Waals surface area contributed by atoms with Crippen LogP contribution in [0.15, 0.2) is 48.5 Å². The molecule has 3 rings (SSSR count). The van der Waals surface area contributed by atoms with E-state index in [1.54, 1.807) is 0 Å². The maximum Gasteiger partial charge on any atom is 0.256 e. The predicted octanol–water partition coefficient (Wildman–Crippen LogP) is 6.84. The standard InChI is InChI=1S/C30H44N2OS/c1-8-9-18-31-28(34)33-25-19-26(32-20-25)27(21-10-14-23(15-11-21)29(2,3)4)22-12-16-24(17-13-22)30(5,6)7/h10-17,25-27,32H,8-9,18-20H2,1-7H3,(H,31,34)/t25-,26-/m1/s1. The lowest BCUT2D eigenvalue weighted by Gasteiger charge is -2.27. The lowest BCUT2D eigenvalue weighted by molar-refractivity contribution is 0.201. The lowest BCUT2D eigenvalue weighted by atomic mass is 9.80. The fourth-order valence-electron chi connectivity index (χ4n) is 4.67. The highest BCUT2D eigenvalue weighted by molar-refractivity contribution is 7.80. The molecule has 0 amide bonds. The number of thiocarbonyl (C=S) groups is 1. The summed E-state index contributed by atoms with van der Waals surface area (Å²) >= 11 is 5.43. The molecule has 186 valence electrons. The molecule has 0 spiro atoms. The Morgan fingerprint density at radius 1 is 0.941 bits per heavy atom. The highest BCUT2D eigenvalue weighted by atomic mass is 32.1. The van der Waals surface area contributed by atoms with E-state index in [0.29, 0.717) is 11.2 Å². The average Bonchev–Trinajstić information content (AvgIpc) is 3.21. The molecule has 0 saturated carbocycles. The SMILES string of the molecule is CCCCNC(=S)O[C@H]1CN[C@@H](C(c2ccc(C(C)(C)C)cc2)c2ccc(C(C)(C)C)cc2)C1. The highest BCUT2D eigenvalue weighted by Crippen LogP contribution is 2.35. The average molecular weight is 481 g/mol. The van der Waals surface area contributed by atoms with Gasteiger partial charge >= 0.3 is 0 Å². The minimum atomic E-state index is 0.0943. The van der Waals surface area contributed by atoms with Crippen LogP contribution in [0.5, 0.6) is 0 Å². The number of ether oxygens (including phenoxy) is 1. The van der Waals surface area contributed by atoms with Crippen molar-refractivity contribution >= 4 is 17.4 Å². The van der Waals surface area contributed by atoms with Crippen LogP contribution < -0.4 is 10.6 Å². The summed E-state index contributed by atoms with van der Waals surface area (Å²) in [6, 6.07) is 18.7. The van der Waals surface area contributed by atoms with Crippen LogP contribution in [0, 0.1) is 0 Å². The fourth-order valence-corrected chi connectivity index (χ4v) is 4.91. The van der Waals surface area contributed by atoms with Crippen LogP contribution >= 0.6 is 12.2 Å². The van der Waals surface area contributed by atoms with Gasteiger partial charge in [-0.25, -0.2) is 0 Å². The monoisotopic (exact) mass is 480 g/mol.